The molecule has 1 heterocycles. The Morgan fingerprint density at radius 2 is 2.21 bits per heavy atom. The number of nitrogens with one attached hydrogen (secondary N) is 1. The van der Waals surface area contributed by atoms with Gasteiger partial charge in [0.15, 0.2) is 0 Å². The van der Waals surface area contributed by atoms with Crippen molar-refractivity contribution in [3.8, 4) is 0 Å². The smallest absolute Gasteiger partial charge is 0.130 e. The molecular formula is C12H16FN. The van der Waals surface area contributed by atoms with Gasteiger partial charge in [0.1, 0.15) is 5.82 Å². The summed E-state index contributed by atoms with van der Waals surface area (Å²) in [6.45, 7) is 2.83. The standard InChI is InChI=1S/C12H16FN/c1-9-5-4-6-10(12(9)13)11-7-2-3-8-14-11/h4-6,11,14H,2-3,7-8H2,1H3. The van der Waals surface area contributed by atoms with E-state index in [2.05, 4.69) is 5.32 Å². The number of halogens is 1. The molecule has 0 aliphatic carbocycles. The van der Waals surface area contributed by atoms with E-state index in [9.17, 15) is 4.39 Å². The molecule has 0 spiro atoms. The van der Waals surface area contributed by atoms with Crippen molar-refractivity contribution >= 4 is 0 Å². The van der Waals surface area contributed by atoms with Crippen LogP contribution in [0.1, 0.15) is 36.4 Å². The zero-order chi connectivity index (χ0) is 9.97. The molecule has 1 fully saturated rings. The van der Waals surface area contributed by atoms with E-state index in [0.717, 1.165) is 24.1 Å². The van der Waals surface area contributed by atoms with Crippen LogP contribution in [0.15, 0.2) is 18.2 Å². The Balaban J connectivity index is 2.26. The lowest BCUT2D eigenvalue weighted by Crippen LogP contribution is -2.27. The molecule has 1 unspecified atom stereocenters. The van der Waals surface area contributed by atoms with E-state index in [4.69, 9.17) is 0 Å². The molecule has 1 aromatic rings. The van der Waals surface area contributed by atoms with Gasteiger partial charge in [-0.15, -0.1) is 0 Å². The first-order chi connectivity index (χ1) is 6.79. The molecule has 0 bridgehead atoms. The first-order valence-corrected chi connectivity index (χ1v) is 5.27. The van der Waals surface area contributed by atoms with E-state index in [0.29, 0.717) is 0 Å². The second-order valence-corrected chi connectivity index (χ2v) is 3.98. The molecule has 1 aromatic carbocycles. The summed E-state index contributed by atoms with van der Waals surface area (Å²) in [6, 6.07) is 5.88. The Morgan fingerprint density at radius 3 is 2.93 bits per heavy atom. The van der Waals surface area contributed by atoms with E-state index in [1.165, 1.54) is 12.8 Å². The second-order valence-electron chi connectivity index (χ2n) is 3.98. The van der Waals surface area contributed by atoms with Gasteiger partial charge >= 0.3 is 0 Å². The zero-order valence-electron chi connectivity index (χ0n) is 8.52. The fourth-order valence-corrected chi connectivity index (χ4v) is 2.06. The summed E-state index contributed by atoms with van der Waals surface area (Å²) in [6.07, 6.45) is 3.47. The second kappa shape index (κ2) is 4.09. The summed E-state index contributed by atoms with van der Waals surface area (Å²) < 4.78 is 13.7. The highest BCUT2D eigenvalue weighted by Crippen LogP contribution is 2.26. The fraction of sp³-hybridized carbons (Fsp3) is 0.500. The maximum atomic E-state index is 13.7. The summed E-state index contributed by atoms with van der Waals surface area (Å²) in [5.41, 5.74) is 1.58. The van der Waals surface area contributed by atoms with Gasteiger partial charge < -0.3 is 5.32 Å². The lowest BCUT2D eigenvalue weighted by molar-refractivity contribution is 0.399. The van der Waals surface area contributed by atoms with Gasteiger partial charge in [-0.25, -0.2) is 4.39 Å². The number of piperidine rings is 1. The van der Waals surface area contributed by atoms with Crippen molar-refractivity contribution in [1.29, 1.82) is 0 Å². The van der Waals surface area contributed by atoms with Crippen LogP contribution < -0.4 is 5.32 Å². The van der Waals surface area contributed by atoms with Crippen molar-refractivity contribution in [3.63, 3.8) is 0 Å². The van der Waals surface area contributed by atoms with E-state index in [-0.39, 0.29) is 11.9 Å². The summed E-state index contributed by atoms with van der Waals surface area (Å²) >= 11 is 0. The minimum atomic E-state index is -0.0353. The first kappa shape index (κ1) is 9.66. The van der Waals surface area contributed by atoms with Gasteiger partial charge in [-0.1, -0.05) is 24.6 Å². The Labute approximate surface area is 84.3 Å². The van der Waals surface area contributed by atoms with E-state index in [1.54, 1.807) is 0 Å². The predicted molar refractivity (Wildman–Crippen MR) is 55.7 cm³/mol. The van der Waals surface area contributed by atoms with Crippen molar-refractivity contribution in [1.82, 2.24) is 5.32 Å². The minimum Gasteiger partial charge on any atom is -0.310 e. The van der Waals surface area contributed by atoms with Crippen molar-refractivity contribution in [2.24, 2.45) is 0 Å². The molecule has 2 rings (SSSR count). The van der Waals surface area contributed by atoms with Crippen LogP contribution in [0.5, 0.6) is 0 Å². The Morgan fingerprint density at radius 1 is 1.36 bits per heavy atom. The normalized spacial score (nSPS) is 22.3. The molecule has 1 N–H and O–H groups in total. The largest absolute Gasteiger partial charge is 0.310 e. The Kier molecular flexibility index (Phi) is 2.82. The lowest BCUT2D eigenvalue weighted by Gasteiger charge is -2.24. The average molecular weight is 193 g/mol. The number of hydrogen-bond donors (Lipinski definition) is 1. The number of rotatable bonds is 1. The van der Waals surface area contributed by atoms with Gasteiger partial charge in [0.2, 0.25) is 0 Å². The van der Waals surface area contributed by atoms with Crippen LogP contribution in [-0.4, -0.2) is 6.54 Å². The minimum absolute atomic E-state index is 0.0353. The molecule has 0 radical (unpaired) electrons. The molecule has 76 valence electrons. The van der Waals surface area contributed by atoms with Gasteiger partial charge in [0.05, 0.1) is 0 Å². The van der Waals surface area contributed by atoms with Gasteiger partial charge in [-0.05, 0) is 31.9 Å². The predicted octanol–water partition coefficient (Wildman–Crippen LogP) is 2.95. The maximum absolute atomic E-state index is 13.7. The number of aryl methyl sites for hydroxylation is 1. The molecule has 1 atom stereocenters. The zero-order valence-corrected chi connectivity index (χ0v) is 8.52. The third kappa shape index (κ3) is 1.80. The summed E-state index contributed by atoms with van der Waals surface area (Å²) in [4.78, 5) is 0. The SMILES string of the molecule is Cc1cccc(C2CCCCN2)c1F. The number of benzene rings is 1. The van der Waals surface area contributed by atoms with E-state index in [1.807, 2.05) is 25.1 Å². The molecule has 14 heavy (non-hydrogen) atoms. The summed E-state index contributed by atoms with van der Waals surface area (Å²) in [7, 11) is 0. The van der Waals surface area contributed by atoms with Crippen molar-refractivity contribution in [2.45, 2.75) is 32.2 Å². The van der Waals surface area contributed by atoms with Gasteiger partial charge in [-0.3, -0.25) is 0 Å². The van der Waals surface area contributed by atoms with Crippen LogP contribution in [0.4, 0.5) is 4.39 Å². The highest BCUT2D eigenvalue weighted by molar-refractivity contribution is 5.27. The lowest BCUT2D eigenvalue weighted by atomic mass is 9.96. The quantitative estimate of drug-likeness (QED) is 0.723. The molecule has 1 aliphatic rings. The van der Waals surface area contributed by atoms with Crippen LogP contribution in [0.2, 0.25) is 0 Å². The van der Waals surface area contributed by atoms with Crippen LogP contribution >= 0.6 is 0 Å². The summed E-state index contributed by atoms with van der Waals surface area (Å²) in [5, 5.41) is 3.36. The molecule has 1 nitrogen and oxygen atoms in total. The van der Waals surface area contributed by atoms with E-state index >= 15 is 0 Å². The molecule has 1 aliphatic heterocycles. The van der Waals surface area contributed by atoms with Crippen molar-refractivity contribution < 1.29 is 4.39 Å². The average Bonchev–Trinajstić information content (AvgIpc) is 2.23. The molecule has 0 aromatic heterocycles. The van der Waals surface area contributed by atoms with Crippen LogP contribution in [0.3, 0.4) is 0 Å². The highest BCUT2D eigenvalue weighted by atomic mass is 19.1. The topological polar surface area (TPSA) is 12.0 Å². The molecule has 1 saturated heterocycles. The molecule has 0 saturated carbocycles. The van der Waals surface area contributed by atoms with Crippen molar-refractivity contribution in [3.05, 3.63) is 35.1 Å². The Hall–Kier alpha value is -0.890. The highest BCUT2D eigenvalue weighted by Gasteiger charge is 2.18. The third-order valence-corrected chi connectivity index (χ3v) is 2.91. The van der Waals surface area contributed by atoms with Crippen molar-refractivity contribution in [2.75, 3.05) is 6.54 Å². The fourth-order valence-electron chi connectivity index (χ4n) is 2.06. The van der Waals surface area contributed by atoms with Crippen LogP contribution in [0.25, 0.3) is 0 Å². The first-order valence-electron chi connectivity index (χ1n) is 5.27. The molecule has 2 heteroatoms. The monoisotopic (exact) mass is 193 g/mol. The number of hydrogen-bond acceptors (Lipinski definition) is 1. The van der Waals surface area contributed by atoms with E-state index < -0.39 is 0 Å². The van der Waals surface area contributed by atoms with Gasteiger partial charge in [0, 0.05) is 11.6 Å². The molecular weight excluding hydrogens is 177 g/mol. The molecule has 0 amide bonds. The van der Waals surface area contributed by atoms with Gasteiger partial charge in [-0.2, -0.15) is 0 Å². The van der Waals surface area contributed by atoms with Gasteiger partial charge in [0.25, 0.3) is 0 Å². The Bertz CT molecular complexity index is 316. The summed E-state index contributed by atoms with van der Waals surface area (Å²) in [5.74, 6) is -0.0353. The van der Waals surface area contributed by atoms with Crippen LogP contribution in [0, 0.1) is 12.7 Å². The third-order valence-electron chi connectivity index (χ3n) is 2.91. The van der Waals surface area contributed by atoms with Crippen LogP contribution in [-0.2, 0) is 0 Å². The maximum Gasteiger partial charge on any atom is 0.130 e.